The van der Waals surface area contributed by atoms with Gasteiger partial charge < -0.3 is 4.52 Å². The molecule has 0 saturated heterocycles. The van der Waals surface area contributed by atoms with Crippen molar-refractivity contribution in [3.05, 3.63) is 46.3 Å². The van der Waals surface area contributed by atoms with Crippen molar-refractivity contribution in [2.45, 2.75) is 75.2 Å². The molecule has 7 heteroatoms. The largest absolute Gasteiger partial charge is 0.338 e. The molecule has 2 aromatic heterocycles. The number of rotatable bonds is 7. The topological polar surface area (TPSA) is 73.8 Å². The summed E-state index contributed by atoms with van der Waals surface area (Å²) in [6.45, 7) is 4.18. The van der Waals surface area contributed by atoms with E-state index in [-0.39, 0.29) is 16.9 Å². The maximum absolute atomic E-state index is 13.2. The molecule has 1 unspecified atom stereocenters. The van der Waals surface area contributed by atoms with Crippen molar-refractivity contribution < 1.29 is 4.52 Å². The molecule has 6 nitrogen and oxygen atoms in total. The zero-order valence-electron chi connectivity index (χ0n) is 16.4. The van der Waals surface area contributed by atoms with Crippen LogP contribution in [0.1, 0.15) is 75.4 Å². The van der Waals surface area contributed by atoms with Crippen molar-refractivity contribution >= 4 is 22.7 Å². The van der Waals surface area contributed by atoms with Crippen LogP contribution >= 0.6 is 11.8 Å². The molecule has 1 aliphatic rings. The molecule has 3 aromatic rings. The van der Waals surface area contributed by atoms with Crippen molar-refractivity contribution in [1.82, 2.24) is 19.7 Å². The van der Waals surface area contributed by atoms with E-state index in [9.17, 15) is 4.79 Å². The number of fused-ring (bicyclic) bond motifs is 1. The lowest BCUT2D eigenvalue weighted by Gasteiger charge is -2.19. The summed E-state index contributed by atoms with van der Waals surface area (Å²) in [5.41, 5.74) is 0.798. The molecular formula is C21H26N4O2S. The molecular weight excluding hydrogens is 372 g/mol. The fourth-order valence-electron chi connectivity index (χ4n) is 3.77. The minimum atomic E-state index is -0.0661. The molecule has 1 aromatic carbocycles. The van der Waals surface area contributed by atoms with Gasteiger partial charge in [-0.05, 0) is 38.3 Å². The van der Waals surface area contributed by atoms with Crippen LogP contribution < -0.4 is 5.56 Å². The Hall–Kier alpha value is -2.15. The second-order valence-electron chi connectivity index (χ2n) is 7.44. The van der Waals surface area contributed by atoms with Gasteiger partial charge in [0.05, 0.1) is 16.2 Å². The van der Waals surface area contributed by atoms with Crippen molar-refractivity contribution in [2.75, 3.05) is 0 Å². The van der Waals surface area contributed by atoms with E-state index in [0.29, 0.717) is 11.3 Å². The van der Waals surface area contributed by atoms with E-state index in [1.165, 1.54) is 11.8 Å². The van der Waals surface area contributed by atoms with Crippen LogP contribution in [-0.2, 0) is 6.42 Å². The van der Waals surface area contributed by atoms with Gasteiger partial charge in [0.1, 0.15) is 0 Å². The number of hydrogen-bond donors (Lipinski definition) is 0. The average molecular weight is 399 g/mol. The predicted molar refractivity (Wildman–Crippen MR) is 111 cm³/mol. The number of aromatic nitrogens is 4. The smallest absolute Gasteiger partial charge is 0.262 e. The Kier molecular flexibility index (Phi) is 5.80. The number of para-hydroxylation sites is 1. The van der Waals surface area contributed by atoms with E-state index in [0.717, 1.165) is 61.4 Å². The zero-order valence-corrected chi connectivity index (χ0v) is 17.2. The lowest BCUT2D eigenvalue weighted by Crippen LogP contribution is -2.26. The molecule has 148 valence electrons. The number of thioether (sulfide) groups is 1. The maximum Gasteiger partial charge on any atom is 0.262 e. The fourth-order valence-corrected chi connectivity index (χ4v) is 4.78. The van der Waals surface area contributed by atoms with Gasteiger partial charge in [-0.2, -0.15) is 4.98 Å². The van der Waals surface area contributed by atoms with E-state index in [4.69, 9.17) is 9.51 Å². The molecule has 0 bridgehead atoms. The predicted octanol–water partition coefficient (Wildman–Crippen LogP) is 5.09. The van der Waals surface area contributed by atoms with Gasteiger partial charge in [-0.3, -0.25) is 9.36 Å². The summed E-state index contributed by atoms with van der Waals surface area (Å²) in [6.07, 6.45) is 7.37. The van der Waals surface area contributed by atoms with Crippen molar-refractivity contribution in [3.8, 4) is 0 Å². The van der Waals surface area contributed by atoms with E-state index in [2.05, 4.69) is 17.1 Å². The number of nitrogens with zero attached hydrogens (tertiary/aromatic N) is 4. The highest BCUT2D eigenvalue weighted by Crippen LogP contribution is 2.37. The normalized spacial score (nSPS) is 16.1. The van der Waals surface area contributed by atoms with E-state index < -0.39 is 0 Å². The molecule has 1 atom stereocenters. The van der Waals surface area contributed by atoms with E-state index in [1.54, 1.807) is 0 Å². The molecule has 0 amide bonds. The first-order valence-electron chi connectivity index (χ1n) is 10.2. The Bertz CT molecular complexity index is 1010. The van der Waals surface area contributed by atoms with Crippen LogP contribution in [0.5, 0.6) is 0 Å². The van der Waals surface area contributed by atoms with Crippen LogP contribution in [0, 0.1) is 0 Å². The second-order valence-corrected chi connectivity index (χ2v) is 8.75. The number of benzene rings is 1. The standard InChI is InChI=1S/C21H26N4O2S/c1-3-4-13-18-23-19(27-24-18)14(2)28-21-22-17-12-8-7-11-16(17)20(26)25(21)15-9-5-6-10-15/h7-8,11-12,14-15H,3-6,9-10,13H2,1-2H3. The molecule has 0 aliphatic heterocycles. The lowest BCUT2D eigenvalue weighted by atomic mass is 10.2. The van der Waals surface area contributed by atoms with Crippen molar-refractivity contribution in [3.63, 3.8) is 0 Å². The third kappa shape index (κ3) is 3.85. The molecule has 1 fully saturated rings. The Labute approximate surface area is 168 Å². The van der Waals surface area contributed by atoms with Crippen LogP contribution in [0.25, 0.3) is 10.9 Å². The molecule has 0 N–H and O–H groups in total. The SMILES string of the molecule is CCCCc1noc(C(C)Sc2nc3ccccc3c(=O)n2C2CCCC2)n1. The summed E-state index contributed by atoms with van der Waals surface area (Å²) in [5.74, 6) is 1.35. The molecule has 4 rings (SSSR count). The van der Waals surface area contributed by atoms with Crippen LogP contribution in [0.15, 0.2) is 38.7 Å². The van der Waals surface area contributed by atoms with Crippen LogP contribution in [0.2, 0.25) is 0 Å². The molecule has 0 spiro atoms. The summed E-state index contributed by atoms with van der Waals surface area (Å²) in [7, 11) is 0. The quantitative estimate of drug-likeness (QED) is 0.408. The first kappa shape index (κ1) is 19.2. The van der Waals surface area contributed by atoms with Gasteiger partial charge in [-0.15, -0.1) is 0 Å². The fraction of sp³-hybridized carbons (Fsp3) is 0.524. The summed E-state index contributed by atoms with van der Waals surface area (Å²) in [4.78, 5) is 22.6. The summed E-state index contributed by atoms with van der Waals surface area (Å²) in [5, 5.41) is 5.46. The summed E-state index contributed by atoms with van der Waals surface area (Å²) < 4.78 is 7.39. The molecule has 0 radical (unpaired) electrons. The molecule has 2 heterocycles. The average Bonchev–Trinajstić information content (AvgIpc) is 3.39. The maximum atomic E-state index is 13.2. The monoisotopic (exact) mass is 398 g/mol. The van der Waals surface area contributed by atoms with Crippen molar-refractivity contribution in [1.29, 1.82) is 0 Å². The van der Waals surface area contributed by atoms with Gasteiger partial charge in [0.25, 0.3) is 5.56 Å². The minimum Gasteiger partial charge on any atom is -0.338 e. The number of aryl methyl sites for hydroxylation is 1. The minimum absolute atomic E-state index is 0.0568. The molecule has 1 saturated carbocycles. The number of hydrogen-bond acceptors (Lipinski definition) is 6. The highest BCUT2D eigenvalue weighted by molar-refractivity contribution is 7.99. The second kappa shape index (κ2) is 8.47. The Morgan fingerprint density at radius 2 is 2.04 bits per heavy atom. The third-order valence-electron chi connectivity index (χ3n) is 5.33. The molecule has 1 aliphatic carbocycles. The zero-order chi connectivity index (χ0) is 19.5. The van der Waals surface area contributed by atoms with Gasteiger partial charge in [-0.1, -0.05) is 55.2 Å². The summed E-state index contributed by atoms with van der Waals surface area (Å²) in [6, 6.07) is 7.81. The van der Waals surface area contributed by atoms with Crippen LogP contribution in [0.3, 0.4) is 0 Å². The third-order valence-corrected chi connectivity index (χ3v) is 6.39. The van der Waals surface area contributed by atoms with Gasteiger partial charge >= 0.3 is 0 Å². The van der Waals surface area contributed by atoms with Gasteiger partial charge in [0, 0.05) is 12.5 Å². The van der Waals surface area contributed by atoms with Gasteiger partial charge in [0.2, 0.25) is 5.89 Å². The van der Waals surface area contributed by atoms with Crippen LogP contribution in [-0.4, -0.2) is 19.7 Å². The summed E-state index contributed by atoms with van der Waals surface area (Å²) >= 11 is 1.53. The van der Waals surface area contributed by atoms with E-state index >= 15 is 0 Å². The van der Waals surface area contributed by atoms with E-state index in [1.807, 2.05) is 35.8 Å². The van der Waals surface area contributed by atoms with Gasteiger partial charge in [-0.25, -0.2) is 4.98 Å². The highest BCUT2D eigenvalue weighted by atomic mass is 32.2. The van der Waals surface area contributed by atoms with Crippen LogP contribution in [0.4, 0.5) is 0 Å². The first-order chi connectivity index (χ1) is 13.7. The number of unbranched alkanes of at least 4 members (excludes halogenated alkanes) is 1. The molecule has 28 heavy (non-hydrogen) atoms. The highest BCUT2D eigenvalue weighted by Gasteiger charge is 2.25. The Morgan fingerprint density at radius 1 is 1.25 bits per heavy atom. The first-order valence-corrected chi connectivity index (χ1v) is 11.1. The Morgan fingerprint density at radius 3 is 2.82 bits per heavy atom. The lowest BCUT2D eigenvalue weighted by molar-refractivity contribution is 0.373. The Balaban J connectivity index is 1.67. The van der Waals surface area contributed by atoms with Crippen molar-refractivity contribution in [2.24, 2.45) is 0 Å². The van der Waals surface area contributed by atoms with Gasteiger partial charge in [0.15, 0.2) is 11.0 Å².